The molecule has 0 aliphatic carbocycles. The molecule has 0 aliphatic rings. The molecule has 0 saturated heterocycles. The quantitative estimate of drug-likeness (QED) is 0.820. The highest BCUT2D eigenvalue weighted by molar-refractivity contribution is 5.23. The Kier molecular flexibility index (Phi) is 5.31. The summed E-state index contributed by atoms with van der Waals surface area (Å²) < 4.78 is 13.0. The van der Waals surface area contributed by atoms with E-state index in [1.165, 1.54) is 23.3 Å². The molecular weight excluding hydrogens is 249 g/mol. The maximum atomic E-state index is 13.0. The lowest BCUT2D eigenvalue weighted by Crippen LogP contribution is -2.21. The van der Waals surface area contributed by atoms with Gasteiger partial charge in [0.1, 0.15) is 5.82 Å². The van der Waals surface area contributed by atoms with Gasteiger partial charge in [0, 0.05) is 6.04 Å². The highest BCUT2D eigenvalue weighted by Gasteiger charge is 2.10. The van der Waals surface area contributed by atoms with Crippen molar-refractivity contribution in [1.82, 2.24) is 5.32 Å². The van der Waals surface area contributed by atoms with E-state index in [-0.39, 0.29) is 11.9 Å². The second kappa shape index (κ2) is 7.20. The van der Waals surface area contributed by atoms with Crippen molar-refractivity contribution in [2.45, 2.75) is 32.7 Å². The SMILES string of the molecule is CCNC(CCc1ccc(C)cc1)c1ccc(F)cc1. The Morgan fingerprint density at radius 1 is 1.00 bits per heavy atom. The summed E-state index contributed by atoms with van der Waals surface area (Å²) in [6.07, 6.45) is 2.04. The molecule has 1 nitrogen and oxygen atoms in total. The fourth-order valence-corrected chi connectivity index (χ4v) is 2.39. The Balaban J connectivity index is 2.02. The molecule has 0 aromatic heterocycles. The molecular formula is C18H22FN. The van der Waals surface area contributed by atoms with E-state index >= 15 is 0 Å². The minimum Gasteiger partial charge on any atom is -0.310 e. The summed E-state index contributed by atoms with van der Waals surface area (Å²) >= 11 is 0. The summed E-state index contributed by atoms with van der Waals surface area (Å²) in [5.41, 5.74) is 3.79. The predicted molar refractivity (Wildman–Crippen MR) is 82.3 cm³/mol. The Morgan fingerprint density at radius 3 is 2.25 bits per heavy atom. The first-order valence-corrected chi connectivity index (χ1v) is 7.23. The van der Waals surface area contributed by atoms with Gasteiger partial charge in [-0.05, 0) is 49.6 Å². The highest BCUT2D eigenvalue weighted by atomic mass is 19.1. The van der Waals surface area contributed by atoms with Gasteiger partial charge in [-0.15, -0.1) is 0 Å². The lowest BCUT2D eigenvalue weighted by atomic mass is 9.98. The lowest BCUT2D eigenvalue weighted by Gasteiger charge is -2.18. The van der Waals surface area contributed by atoms with E-state index < -0.39 is 0 Å². The normalized spacial score (nSPS) is 12.3. The lowest BCUT2D eigenvalue weighted by molar-refractivity contribution is 0.514. The van der Waals surface area contributed by atoms with Crippen LogP contribution >= 0.6 is 0 Å². The molecule has 20 heavy (non-hydrogen) atoms. The molecule has 1 N–H and O–H groups in total. The third-order valence-electron chi connectivity index (χ3n) is 3.57. The number of hydrogen-bond donors (Lipinski definition) is 1. The van der Waals surface area contributed by atoms with Crippen LogP contribution in [-0.2, 0) is 6.42 Å². The zero-order valence-electron chi connectivity index (χ0n) is 12.2. The van der Waals surface area contributed by atoms with Crippen LogP contribution in [-0.4, -0.2) is 6.54 Å². The zero-order valence-corrected chi connectivity index (χ0v) is 12.2. The molecule has 106 valence electrons. The van der Waals surface area contributed by atoms with Crippen LogP contribution in [0.3, 0.4) is 0 Å². The molecule has 2 aromatic rings. The number of hydrogen-bond acceptors (Lipinski definition) is 1. The second-order valence-corrected chi connectivity index (χ2v) is 5.19. The van der Waals surface area contributed by atoms with Crippen molar-refractivity contribution in [2.75, 3.05) is 6.54 Å². The second-order valence-electron chi connectivity index (χ2n) is 5.19. The van der Waals surface area contributed by atoms with Crippen molar-refractivity contribution < 1.29 is 4.39 Å². The van der Waals surface area contributed by atoms with E-state index in [1.807, 2.05) is 12.1 Å². The van der Waals surface area contributed by atoms with Crippen molar-refractivity contribution in [2.24, 2.45) is 0 Å². The molecule has 2 aromatic carbocycles. The third kappa shape index (κ3) is 4.17. The molecule has 2 rings (SSSR count). The van der Waals surface area contributed by atoms with Crippen LogP contribution in [0.4, 0.5) is 4.39 Å². The first-order chi connectivity index (χ1) is 9.69. The summed E-state index contributed by atoms with van der Waals surface area (Å²) in [5.74, 6) is -0.178. The van der Waals surface area contributed by atoms with Crippen LogP contribution in [0.25, 0.3) is 0 Å². The first-order valence-electron chi connectivity index (χ1n) is 7.23. The summed E-state index contributed by atoms with van der Waals surface area (Å²) in [6.45, 7) is 5.11. The monoisotopic (exact) mass is 271 g/mol. The maximum absolute atomic E-state index is 13.0. The molecule has 0 spiro atoms. The standard InChI is InChI=1S/C18H22FN/c1-3-20-18(16-9-11-17(19)12-10-16)13-8-15-6-4-14(2)5-7-15/h4-7,9-12,18,20H,3,8,13H2,1-2H3. The summed E-state index contributed by atoms with van der Waals surface area (Å²) in [4.78, 5) is 0. The van der Waals surface area contributed by atoms with Crippen molar-refractivity contribution in [1.29, 1.82) is 0 Å². The van der Waals surface area contributed by atoms with Gasteiger partial charge in [-0.3, -0.25) is 0 Å². The molecule has 0 aliphatic heterocycles. The maximum Gasteiger partial charge on any atom is 0.123 e. The van der Waals surface area contributed by atoms with Gasteiger partial charge in [-0.1, -0.05) is 48.9 Å². The van der Waals surface area contributed by atoms with E-state index in [0.717, 1.165) is 24.9 Å². The van der Waals surface area contributed by atoms with Gasteiger partial charge in [0.2, 0.25) is 0 Å². The number of nitrogens with one attached hydrogen (secondary N) is 1. The molecule has 0 saturated carbocycles. The van der Waals surface area contributed by atoms with Crippen LogP contribution in [0.5, 0.6) is 0 Å². The van der Waals surface area contributed by atoms with E-state index in [4.69, 9.17) is 0 Å². The molecule has 0 bridgehead atoms. The van der Waals surface area contributed by atoms with Gasteiger partial charge in [-0.2, -0.15) is 0 Å². The van der Waals surface area contributed by atoms with Gasteiger partial charge < -0.3 is 5.32 Å². The Labute approximate surface area is 120 Å². The Morgan fingerprint density at radius 2 is 1.65 bits per heavy atom. The average Bonchev–Trinajstić information content (AvgIpc) is 2.46. The Hall–Kier alpha value is -1.67. The molecule has 0 radical (unpaired) electrons. The van der Waals surface area contributed by atoms with Crippen molar-refractivity contribution in [3.8, 4) is 0 Å². The van der Waals surface area contributed by atoms with E-state index in [9.17, 15) is 4.39 Å². The van der Waals surface area contributed by atoms with Gasteiger partial charge >= 0.3 is 0 Å². The minimum atomic E-state index is -0.178. The van der Waals surface area contributed by atoms with Gasteiger partial charge in [0.25, 0.3) is 0 Å². The number of benzene rings is 2. The van der Waals surface area contributed by atoms with Crippen molar-refractivity contribution in [3.05, 3.63) is 71.0 Å². The Bertz CT molecular complexity index is 516. The van der Waals surface area contributed by atoms with E-state index in [2.05, 4.69) is 43.4 Å². The molecule has 0 fully saturated rings. The van der Waals surface area contributed by atoms with Gasteiger partial charge in [0.05, 0.1) is 0 Å². The fraction of sp³-hybridized carbons (Fsp3) is 0.333. The first kappa shape index (κ1) is 14.7. The molecule has 1 unspecified atom stereocenters. The molecule has 2 heteroatoms. The van der Waals surface area contributed by atoms with E-state index in [0.29, 0.717) is 0 Å². The summed E-state index contributed by atoms with van der Waals surface area (Å²) in [6, 6.07) is 15.8. The predicted octanol–water partition coefficient (Wildman–Crippen LogP) is 4.42. The molecule has 0 amide bonds. The zero-order chi connectivity index (χ0) is 14.4. The van der Waals surface area contributed by atoms with Crippen LogP contribution in [0.1, 0.15) is 36.1 Å². The fourth-order valence-electron chi connectivity index (χ4n) is 2.39. The van der Waals surface area contributed by atoms with Crippen LogP contribution in [0.15, 0.2) is 48.5 Å². The van der Waals surface area contributed by atoms with Crippen LogP contribution in [0, 0.1) is 12.7 Å². The number of rotatable bonds is 6. The van der Waals surface area contributed by atoms with Crippen LogP contribution in [0.2, 0.25) is 0 Å². The minimum absolute atomic E-state index is 0.178. The smallest absolute Gasteiger partial charge is 0.123 e. The third-order valence-corrected chi connectivity index (χ3v) is 3.57. The highest BCUT2D eigenvalue weighted by Crippen LogP contribution is 2.20. The van der Waals surface area contributed by atoms with Gasteiger partial charge in [-0.25, -0.2) is 4.39 Å². The van der Waals surface area contributed by atoms with Crippen molar-refractivity contribution in [3.63, 3.8) is 0 Å². The van der Waals surface area contributed by atoms with E-state index in [1.54, 1.807) is 0 Å². The molecule has 1 atom stereocenters. The van der Waals surface area contributed by atoms with Gasteiger partial charge in [0.15, 0.2) is 0 Å². The van der Waals surface area contributed by atoms with Crippen LogP contribution < -0.4 is 5.32 Å². The number of halogens is 1. The summed E-state index contributed by atoms with van der Waals surface area (Å²) in [5, 5.41) is 3.48. The molecule has 0 heterocycles. The largest absolute Gasteiger partial charge is 0.310 e. The topological polar surface area (TPSA) is 12.0 Å². The average molecular weight is 271 g/mol. The summed E-state index contributed by atoms with van der Waals surface area (Å²) in [7, 11) is 0. The number of aryl methyl sites for hydroxylation is 2. The van der Waals surface area contributed by atoms with Crippen molar-refractivity contribution >= 4 is 0 Å².